The van der Waals surface area contributed by atoms with Gasteiger partial charge in [-0.1, -0.05) is 48.0 Å². The van der Waals surface area contributed by atoms with E-state index in [-0.39, 0.29) is 11.8 Å². The first-order valence-electron chi connectivity index (χ1n) is 8.87. The summed E-state index contributed by atoms with van der Waals surface area (Å²) in [4.78, 5) is 28.1. The lowest BCUT2D eigenvalue weighted by atomic mass is 10.00. The van der Waals surface area contributed by atoms with Crippen LogP contribution in [0.5, 0.6) is 0 Å². The third kappa shape index (κ3) is 4.64. The van der Waals surface area contributed by atoms with Crippen molar-refractivity contribution in [2.75, 3.05) is 13.1 Å². The SMILES string of the molecule is CC(=O)N(CCC(=O)N1CCc2ccccc2C1)Cc1ccc(Cl)cc1. The van der Waals surface area contributed by atoms with Crippen LogP contribution < -0.4 is 0 Å². The van der Waals surface area contributed by atoms with Crippen LogP contribution >= 0.6 is 11.6 Å². The monoisotopic (exact) mass is 370 g/mol. The highest BCUT2D eigenvalue weighted by molar-refractivity contribution is 6.30. The second kappa shape index (κ2) is 8.37. The van der Waals surface area contributed by atoms with Gasteiger partial charge in [0.15, 0.2) is 0 Å². The minimum atomic E-state index is -0.0308. The molecule has 0 aromatic heterocycles. The van der Waals surface area contributed by atoms with E-state index in [4.69, 9.17) is 11.6 Å². The number of hydrogen-bond acceptors (Lipinski definition) is 2. The molecule has 2 aromatic rings. The van der Waals surface area contributed by atoms with Crippen molar-refractivity contribution in [2.45, 2.75) is 32.9 Å². The van der Waals surface area contributed by atoms with Gasteiger partial charge < -0.3 is 9.80 Å². The van der Waals surface area contributed by atoms with Gasteiger partial charge in [-0.25, -0.2) is 0 Å². The molecule has 26 heavy (non-hydrogen) atoms. The molecule has 1 aliphatic rings. The average Bonchev–Trinajstić information content (AvgIpc) is 2.65. The molecule has 2 amide bonds. The summed E-state index contributed by atoms with van der Waals surface area (Å²) in [6.45, 7) is 3.86. The van der Waals surface area contributed by atoms with Crippen molar-refractivity contribution in [3.63, 3.8) is 0 Å². The molecule has 2 aromatic carbocycles. The summed E-state index contributed by atoms with van der Waals surface area (Å²) in [6.07, 6.45) is 1.23. The number of fused-ring (bicyclic) bond motifs is 1. The Hall–Kier alpha value is -2.33. The lowest BCUT2D eigenvalue weighted by Gasteiger charge is -2.30. The maximum Gasteiger partial charge on any atom is 0.224 e. The van der Waals surface area contributed by atoms with E-state index < -0.39 is 0 Å². The van der Waals surface area contributed by atoms with Crippen molar-refractivity contribution in [1.82, 2.24) is 9.80 Å². The molecule has 136 valence electrons. The van der Waals surface area contributed by atoms with Gasteiger partial charge >= 0.3 is 0 Å². The van der Waals surface area contributed by atoms with Crippen molar-refractivity contribution < 1.29 is 9.59 Å². The first kappa shape index (κ1) is 18.5. The summed E-state index contributed by atoms with van der Waals surface area (Å²) in [5, 5.41) is 0.670. The van der Waals surface area contributed by atoms with E-state index in [0.717, 1.165) is 18.5 Å². The smallest absolute Gasteiger partial charge is 0.224 e. The van der Waals surface area contributed by atoms with Crippen molar-refractivity contribution >= 4 is 23.4 Å². The fourth-order valence-corrected chi connectivity index (χ4v) is 3.38. The minimum Gasteiger partial charge on any atom is -0.338 e. The zero-order chi connectivity index (χ0) is 18.5. The summed E-state index contributed by atoms with van der Waals surface area (Å²) in [6, 6.07) is 15.7. The van der Waals surface area contributed by atoms with E-state index in [2.05, 4.69) is 12.1 Å². The van der Waals surface area contributed by atoms with Crippen LogP contribution in [-0.4, -0.2) is 34.7 Å². The number of hydrogen-bond donors (Lipinski definition) is 0. The normalized spacial score (nSPS) is 13.2. The topological polar surface area (TPSA) is 40.6 Å². The van der Waals surface area contributed by atoms with Crippen LogP contribution in [0.15, 0.2) is 48.5 Å². The molecule has 3 rings (SSSR count). The molecule has 0 saturated carbocycles. The summed E-state index contributed by atoms with van der Waals surface area (Å²) in [5.41, 5.74) is 3.55. The third-order valence-electron chi connectivity index (χ3n) is 4.81. The molecule has 0 atom stereocenters. The molecule has 0 saturated heterocycles. The Balaban J connectivity index is 1.56. The molecular weight excluding hydrogens is 348 g/mol. The number of halogens is 1. The van der Waals surface area contributed by atoms with Crippen LogP contribution in [0, 0.1) is 0 Å². The predicted molar refractivity (Wildman–Crippen MR) is 103 cm³/mol. The molecular formula is C21H23ClN2O2. The van der Waals surface area contributed by atoms with Crippen molar-refractivity contribution in [3.8, 4) is 0 Å². The van der Waals surface area contributed by atoms with E-state index in [1.54, 1.807) is 4.90 Å². The molecule has 1 heterocycles. The van der Waals surface area contributed by atoms with Gasteiger partial charge in [-0.3, -0.25) is 9.59 Å². The Morgan fingerprint density at radius 2 is 1.77 bits per heavy atom. The molecule has 0 bridgehead atoms. The van der Waals surface area contributed by atoms with E-state index >= 15 is 0 Å². The largest absolute Gasteiger partial charge is 0.338 e. The highest BCUT2D eigenvalue weighted by Crippen LogP contribution is 2.19. The second-order valence-corrected chi connectivity index (χ2v) is 7.09. The summed E-state index contributed by atoms with van der Waals surface area (Å²) in [5.74, 6) is 0.0681. The first-order chi connectivity index (χ1) is 12.5. The summed E-state index contributed by atoms with van der Waals surface area (Å²) < 4.78 is 0. The Morgan fingerprint density at radius 3 is 2.46 bits per heavy atom. The number of benzene rings is 2. The van der Waals surface area contributed by atoms with Crippen LogP contribution in [0.25, 0.3) is 0 Å². The number of nitrogens with zero attached hydrogens (tertiary/aromatic N) is 2. The van der Waals surface area contributed by atoms with E-state index in [9.17, 15) is 9.59 Å². The van der Waals surface area contributed by atoms with Gasteiger partial charge in [0.05, 0.1) is 0 Å². The fourth-order valence-electron chi connectivity index (χ4n) is 3.26. The minimum absolute atomic E-state index is 0.0308. The lowest BCUT2D eigenvalue weighted by Crippen LogP contribution is -2.38. The Bertz CT molecular complexity index is 789. The Labute approximate surface area is 159 Å². The molecule has 0 radical (unpaired) electrons. The molecule has 1 aliphatic heterocycles. The fraction of sp³-hybridized carbons (Fsp3) is 0.333. The standard InChI is InChI=1S/C21H23ClN2O2/c1-16(25)23(14-17-6-8-20(22)9-7-17)13-11-21(26)24-12-10-18-4-2-3-5-19(18)15-24/h2-9H,10-15H2,1H3. The van der Waals surface area contributed by atoms with Crippen LogP contribution in [0.3, 0.4) is 0 Å². The molecule has 4 nitrogen and oxygen atoms in total. The number of rotatable bonds is 5. The third-order valence-corrected chi connectivity index (χ3v) is 5.06. The van der Waals surface area contributed by atoms with Crippen molar-refractivity contribution in [1.29, 1.82) is 0 Å². The van der Waals surface area contributed by atoms with Gasteiger partial charge in [0.1, 0.15) is 0 Å². The zero-order valence-electron chi connectivity index (χ0n) is 15.0. The molecule has 0 N–H and O–H groups in total. The number of carbonyl (C=O) groups excluding carboxylic acids is 2. The summed E-state index contributed by atoms with van der Waals surface area (Å²) >= 11 is 5.90. The number of amides is 2. The Kier molecular flexibility index (Phi) is 5.94. The van der Waals surface area contributed by atoms with Crippen molar-refractivity contribution in [2.24, 2.45) is 0 Å². The maximum atomic E-state index is 12.6. The second-order valence-electron chi connectivity index (χ2n) is 6.65. The predicted octanol–water partition coefficient (Wildman–Crippen LogP) is 3.66. The Morgan fingerprint density at radius 1 is 1.08 bits per heavy atom. The van der Waals surface area contributed by atoms with Gasteiger partial charge in [-0.15, -0.1) is 0 Å². The molecule has 5 heteroatoms. The van der Waals surface area contributed by atoms with Gasteiger partial charge in [0.25, 0.3) is 0 Å². The van der Waals surface area contributed by atoms with E-state index in [0.29, 0.717) is 31.1 Å². The highest BCUT2D eigenvalue weighted by Gasteiger charge is 2.21. The van der Waals surface area contributed by atoms with Crippen LogP contribution in [-0.2, 0) is 29.1 Å². The van der Waals surface area contributed by atoms with Gasteiger partial charge in [-0.05, 0) is 35.2 Å². The van der Waals surface area contributed by atoms with Crippen LogP contribution in [0.4, 0.5) is 0 Å². The van der Waals surface area contributed by atoms with E-state index in [1.165, 1.54) is 18.1 Å². The van der Waals surface area contributed by atoms with E-state index in [1.807, 2.05) is 41.3 Å². The molecule has 0 unspecified atom stereocenters. The summed E-state index contributed by atoms with van der Waals surface area (Å²) in [7, 11) is 0. The molecule has 0 aliphatic carbocycles. The lowest BCUT2D eigenvalue weighted by molar-refractivity contribution is -0.134. The van der Waals surface area contributed by atoms with Crippen LogP contribution in [0.2, 0.25) is 5.02 Å². The zero-order valence-corrected chi connectivity index (χ0v) is 15.7. The number of carbonyl (C=O) groups is 2. The molecule has 0 fully saturated rings. The average molecular weight is 371 g/mol. The molecule has 0 spiro atoms. The maximum absolute atomic E-state index is 12.6. The first-order valence-corrected chi connectivity index (χ1v) is 9.25. The van der Waals surface area contributed by atoms with Gasteiger partial charge in [-0.2, -0.15) is 0 Å². The van der Waals surface area contributed by atoms with Crippen LogP contribution in [0.1, 0.15) is 30.0 Å². The van der Waals surface area contributed by atoms with Crippen molar-refractivity contribution in [3.05, 3.63) is 70.2 Å². The highest BCUT2D eigenvalue weighted by atomic mass is 35.5. The van der Waals surface area contributed by atoms with Gasteiger partial charge in [0.2, 0.25) is 11.8 Å². The van der Waals surface area contributed by atoms with Gasteiger partial charge in [0, 0.05) is 44.5 Å². The quantitative estimate of drug-likeness (QED) is 0.805.